The summed E-state index contributed by atoms with van der Waals surface area (Å²) in [6.45, 7) is -0.278. The van der Waals surface area contributed by atoms with Crippen LogP contribution in [0.3, 0.4) is 0 Å². The number of aliphatic carboxylic acids is 1. The van der Waals surface area contributed by atoms with Gasteiger partial charge < -0.3 is 9.84 Å². The zero-order chi connectivity index (χ0) is 22.8. The molecule has 1 atom stereocenters. The maximum Gasteiger partial charge on any atom is 0.431 e. The largest absolute Gasteiger partial charge is 0.480 e. The number of thioether (sulfide) groups is 1. The Labute approximate surface area is 169 Å². The molecule has 2 rings (SSSR count). The van der Waals surface area contributed by atoms with Crippen LogP contribution in [0.25, 0.3) is 5.69 Å². The summed E-state index contributed by atoms with van der Waals surface area (Å²) in [5.74, 6) is -2.53. The van der Waals surface area contributed by atoms with Crippen molar-refractivity contribution in [2.45, 2.75) is 16.3 Å². The fraction of sp³-hybridized carbons (Fsp3) is 0.294. The molecule has 0 aliphatic rings. The number of benzene rings is 1. The Morgan fingerprint density at radius 2 is 1.97 bits per heavy atom. The number of carbonyl (C=O) groups is 1. The molecule has 0 bridgehead atoms. The van der Waals surface area contributed by atoms with Crippen LogP contribution in [0.5, 0.6) is 0 Å². The van der Waals surface area contributed by atoms with Crippen molar-refractivity contribution >= 4 is 17.7 Å². The van der Waals surface area contributed by atoms with Gasteiger partial charge in [0.25, 0.3) is 5.56 Å². The lowest BCUT2D eigenvalue weighted by Gasteiger charge is -2.16. The molecule has 0 aliphatic heterocycles. The van der Waals surface area contributed by atoms with Gasteiger partial charge in [0.2, 0.25) is 0 Å². The smallest absolute Gasteiger partial charge is 0.431 e. The quantitative estimate of drug-likeness (QED) is 0.530. The van der Waals surface area contributed by atoms with Crippen LogP contribution in [0.1, 0.15) is 11.3 Å². The normalized spacial score (nSPS) is 12.4. The van der Waals surface area contributed by atoms with E-state index in [4.69, 9.17) is 4.74 Å². The Kier molecular flexibility index (Phi) is 6.73. The first-order valence-corrected chi connectivity index (χ1v) is 8.83. The lowest BCUT2D eigenvalue weighted by atomic mass is 10.2. The van der Waals surface area contributed by atoms with Gasteiger partial charge in [-0.1, -0.05) is 0 Å². The fourth-order valence-electron chi connectivity index (χ4n) is 2.48. The average molecular weight is 447 g/mol. The summed E-state index contributed by atoms with van der Waals surface area (Å²) >= 11 is 0.596. The van der Waals surface area contributed by atoms with Gasteiger partial charge in [-0.3, -0.25) is 14.2 Å². The number of nitriles is 1. The number of carboxylic acid groups (broad SMARTS) is 1. The number of aromatic nitrogens is 2. The van der Waals surface area contributed by atoms with Crippen LogP contribution < -0.4 is 11.2 Å². The van der Waals surface area contributed by atoms with Crippen LogP contribution in [-0.4, -0.2) is 39.2 Å². The van der Waals surface area contributed by atoms with E-state index in [-0.39, 0.29) is 32.3 Å². The van der Waals surface area contributed by atoms with Gasteiger partial charge in [0, 0.05) is 25.1 Å². The summed E-state index contributed by atoms with van der Waals surface area (Å²) in [5.41, 5.74) is -5.46. The van der Waals surface area contributed by atoms with E-state index in [9.17, 15) is 42.3 Å². The predicted octanol–water partition coefficient (Wildman–Crippen LogP) is 1.76. The molecule has 8 nitrogen and oxygen atoms in total. The number of hydrogen-bond donors (Lipinski definition) is 1. The minimum atomic E-state index is -4.99. The van der Waals surface area contributed by atoms with Crippen molar-refractivity contribution in [3.63, 3.8) is 0 Å². The molecule has 0 aliphatic carbocycles. The van der Waals surface area contributed by atoms with Crippen molar-refractivity contribution in [1.29, 1.82) is 5.26 Å². The number of halogens is 4. The van der Waals surface area contributed by atoms with E-state index in [1.165, 1.54) is 7.11 Å². The molecule has 2 aromatic rings. The maximum absolute atomic E-state index is 14.5. The highest BCUT2D eigenvalue weighted by Crippen LogP contribution is 2.31. The number of nitrogens with zero attached hydrogens (tertiary/aromatic N) is 3. The highest BCUT2D eigenvalue weighted by molar-refractivity contribution is 8.00. The molecule has 0 saturated carbocycles. The number of alkyl halides is 3. The van der Waals surface area contributed by atoms with E-state index in [2.05, 4.69) is 0 Å². The van der Waals surface area contributed by atoms with Gasteiger partial charge in [-0.05, 0) is 12.1 Å². The van der Waals surface area contributed by atoms with Gasteiger partial charge in [-0.25, -0.2) is 13.8 Å². The number of rotatable bonds is 6. The summed E-state index contributed by atoms with van der Waals surface area (Å²) in [6, 6.07) is 3.31. The molecule has 160 valence electrons. The topological polar surface area (TPSA) is 114 Å². The third kappa shape index (κ3) is 4.55. The molecule has 0 spiro atoms. The van der Waals surface area contributed by atoms with Crippen LogP contribution in [0, 0.1) is 17.1 Å². The molecule has 0 fully saturated rings. The molecular weight excluding hydrogens is 434 g/mol. The Hall–Kier alpha value is -3.11. The maximum atomic E-state index is 14.5. The minimum absolute atomic E-state index is 0.104. The van der Waals surface area contributed by atoms with Crippen molar-refractivity contribution in [3.05, 3.63) is 56.1 Å². The summed E-state index contributed by atoms with van der Waals surface area (Å²) < 4.78 is 58.6. The summed E-state index contributed by atoms with van der Waals surface area (Å²) in [4.78, 5) is 35.8. The SMILES string of the molecule is COCC(Sc1cc(-n2c(=O)cc(C(F)(F)F)n(C)c2=O)c(F)cc1C#N)C(=O)O. The lowest BCUT2D eigenvalue weighted by molar-refractivity contribution is -0.144. The van der Waals surface area contributed by atoms with Crippen LogP contribution in [0.2, 0.25) is 0 Å². The first kappa shape index (κ1) is 23.2. The van der Waals surface area contributed by atoms with Crippen molar-refractivity contribution < 1.29 is 32.2 Å². The fourth-order valence-corrected chi connectivity index (χ4v) is 3.50. The van der Waals surface area contributed by atoms with Gasteiger partial charge in [0.15, 0.2) is 0 Å². The Morgan fingerprint density at radius 1 is 1.33 bits per heavy atom. The molecule has 1 unspecified atom stereocenters. The molecule has 1 N–H and O–H groups in total. The van der Waals surface area contributed by atoms with E-state index in [1.54, 1.807) is 6.07 Å². The van der Waals surface area contributed by atoms with Gasteiger partial charge in [0.1, 0.15) is 22.8 Å². The standard InChI is InChI=1S/C17H13F4N3O5S/c1-23-13(17(19,20)21)5-14(25)24(16(23)28)10-4-11(8(6-22)3-9(10)18)30-12(7-29-2)15(26)27/h3-5,12H,7H2,1-2H3,(H,26,27). The van der Waals surface area contributed by atoms with Gasteiger partial charge in [-0.2, -0.15) is 18.4 Å². The van der Waals surface area contributed by atoms with Crippen molar-refractivity contribution in [2.24, 2.45) is 7.05 Å². The zero-order valence-corrected chi connectivity index (χ0v) is 16.2. The molecule has 30 heavy (non-hydrogen) atoms. The molecule has 0 radical (unpaired) electrons. The van der Waals surface area contributed by atoms with Crippen LogP contribution >= 0.6 is 11.8 Å². The second-order valence-corrected chi connectivity index (χ2v) is 7.10. The molecule has 13 heteroatoms. The van der Waals surface area contributed by atoms with E-state index >= 15 is 0 Å². The van der Waals surface area contributed by atoms with Gasteiger partial charge in [-0.15, -0.1) is 11.8 Å². The molecule has 1 heterocycles. The van der Waals surface area contributed by atoms with Crippen LogP contribution in [0.4, 0.5) is 17.6 Å². The molecular formula is C17H13F4N3O5S. The number of methoxy groups -OCH3 is 1. The van der Waals surface area contributed by atoms with Crippen LogP contribution in [0.15, 0.2) is 32.7 Å². The molecule has 1 aromatic heterocycles. The molecule has 0 amide bonds. The monoisotopic (exact) mass is 447 g/mol. The van der Waals surface area contributed by atoms with Crippen molar-refractivity contribution in [1.82, 2.24) is 9.13 Å². The second kappa shape index (κ2) is 8.72. The first-order valence-electron chi connectivity index (χ1n) is 7.95. The number of carboxylic acids is 1. The minimum Gasteiger partial charge on any atom is -0.480 e. The highest BCUT2D eigenvalue weighted by atomic mass is 32.2. The lowest BCUT2D eigenvalue weighted by Crippen LogP contribution is -2.41. The van der Waals surface area contributed by atoms with Crippen molar-refractivity contribution in [2.75, 3.05) is 13.7 Å². The Balaban J connectivity index is 2.74. The molecule has 1 aromatic carbocycles. The first-order chi connectivity index (χ1) is 13.9. The Bertz CT molecular complexity index is 1150. The van der Waals surface area contributed by atoms with Crippen molar-refractivity contribution in [3.8, 4) is 11.8 Å². The predicted molar refractivity (Wildman–Crippen MR) is 96.1 cm³/mol. The highest BCUT2D eigenvalue weighted by Gasteiger charge is 2.35. The third-order valence-corrected chi connectivity index (χ3v) is 5.10. The van der Waals surface area contributed by atoms with E-state index < -0.39 is 45.8 Å². The zero-order valence-electron chi connectivity index (χ0n) is 15.4. The number of ether oxygens (including phenoxy) is 1. The summed E-state index contributed by atoms with van der Waals surface area (Å²) in [7, 11) is 2.00. The average Bonchev–Trinajstić information content (AvgIpc) is 2.65. The van der Waals surface area contributed by atoms with Crippen LogP contribution in [-0.2, 0) is 22.8 Å². The van der Waals surface area contributed by atoms with Gasteiger partial charge >= 0.3 is 17.8 Å². The third-order valence-electron chi connectivity index (χ3n) is 3.88. The van der Waals surface area contributed by atoms with E-state index in [0.29, 0.717) is 17.8 Å². The summed E-state index contributed by atoms with van der Waals surface area (Å²) in [5, 5.41) is 17.2. The second-order valence-electron chi connectivity index (χ2n) is 5.85. The van der Waals surface area contributed by atoms with E-state index in [0.717, 1.165) is 13.1 Å². The van der Waals surface area contributed by atoms with E-state index in [1.807, 2.05) is 0 Å². The summed E-state index contributed by atoms with van der Waals surface area (Å²) in [6.07, 6.45) is -4.99. The molecule has 0 saturated heterocycles. The number of hydrogen-bond acceptors (Lipinski definition) is 6. The Morgan fingerprint density at radius 3 is 2.47 bits per heavy atom. The van der Waals surface area contributed by atoms with Gasteiger partial charge in [0.05, 0.1) is 17.9 Å².